The normalized spacial score (nSPS) is 20.3. The summed E-state index contributed by atoms with van der Waals surface area (Å²) >= 11 is 5.82. The van der Waals surface area contributed by atoms with Gasteiger partial charge < -0.3 is 4.90 Å². The molecule has 3 rings (SSSR count). The third kappa shape index (κ3) is 3.87. The predicted octanol–water partition coefficient (Wildman–Crippen LogP) is 2.11. The van der Waals surface area contributed by atoms with Crippen LogP contribution in [0.2, 0.25) is 5.02 Å². The number of hydrogen-bond acceptors (Lipinski definition) is 3. The number of benzene rings is 1. The first-order chi connectivity index (χ1) is 11.0. The zero-order valence-electron chi connectivity index (χ0n) is 12.9. The largest absolute Gasteiger partial charge is 0.340 e. The fourth-order valence-corrected chi connectivity index (χ4v) is 4.62. The molecule has 0 radical (unpaired) electrons. The van der Waals surface area contributed by atoms with Gasteiger partial charge in [0, 0.05) is 37.1 Å². The van der Waals surface area contributed by atoms with Gasteiger partial charge in [-0.25, -0.2) is 8.42 Å². The predicted molar refractivity (Wildman–Crippen MR) is 89.6 cm³/mol. The molecule has 1 amide bonds. The fraction of sp³-hybridized carbons (Fsp3) is 0.562. The van der Waals surface area contributed by atoms with Crippen LogP contribution in [-0.2, 0) is 20.6 Å². The summed E-state index contributed by atoms with van der Waals surface area (Å²) in [5.74, 6) is 0.346. The van der Waals surface area contributed by atoms with Crippen molar-refractivity contribution < 1.29 is 13.2 Å². The van der Waals surface area contributed by atoms with Gasteiger partial charge in [0.1, 0.15) is 0 Å². The highest BCUT2D eigenvalue weighted by molar-refractivity contribution is 7.88. The Kier molecular flexibility index (Phi) is 4.94. The van der Waals surface area contributed by atoms with Crippen molar-refractivity contribution in [2.24, 2.45) is 5.92 Å². The van der Waals surface area contributed by atoms with E-state index in [-0.39, 0.29) is 17.6 Å². The number of halogens is 1. The van der Waals surface area contributed by atoms with Gasteiger partial charge in [0.25, 0.3) is 0 Å². The average molecular weight is 357 g/mol. The van der Waals surface area contributed by atoms with Gasteiger partial charge in [0.05, 0.1) is 5.75 Å². The Morgan fingerprint density at radius 2 is 1.70 bits per heavy atom. The maximum atomic E-state index is 12.5. The van der Waals surface area contributed by atoms with E-state index in [1.165, 1.54) is 4.31 Å². The maximum Gasteiger partial charge on any atom is 0.225 e. The van der Waals surface area contributed by atoms with E-state index < -0.39 is 10.0 Å². The van der Waals surface area contributed by atoms with E-state index in [0.29, 0.717) is 31.2 Å². The molecular formula is C16H21ClN2O3S. The zero-order valence-corrected chi connectivity index (χ0v) is 14.5. The molecule has 1 heterocycles. The minimum Gasteiger partial charge on any atom is -0.340 e. The molecule has 0 aromatic heterocycles. The number of amides is 1. The van der Waals surface area contributed by atoms with Crippen LogP contribution in [0.15, 0.2) is 24.3 Å². The SMILES string of the molecule is O=C(C1CCC1)N1CCN(S(=O)(=O)Cc2ccc(Cl)cc2)CC1. The number of hydrogen-bond donors (Lipinski definition) is 0. The molecule has 0 spiro atoms. The third-order valence-corrected chi connectivity index (χ3v) is 6.76. The zero-order chi connectivity index (χ0) is 16.4. The molecular weight excluding hydrogens is 336 g/mol. The smallest absolute Gasteiger partial charge is 0.225 e. The number of carbonyl (C=O) groups is 1. The molecule has 1 aliphatic carbocycles. The lowest BCUT2D eigenvalue weighted by molar-refractivity contribution is -0.139. The van der Waals surface area contributed by atoms with E-state index >= 15 is 0 Å². The molecule has 23 heavy (non-hydrogen) atoms. The Morgan fingerprint density at radius 3 is 2.22 bits per heavy atom. The Morgan fingerprint density at radius 1 is 1.09 bits per heavy atom. The molecule has 0 atom stereocenters. The summed E-state index contributed by atoms with van der Waals surface area (Å²) in [7, 11) is -3.36. The van der Waals surface area contributed by atoms with Crippen LogP contribution in [0.4, 0.5) is 0 Å². The number of sulfonamides is 1. The van der Waals surface area contributed by atoms with Crippen LogP contribution in [0.25, 0.3) is 0 Å². The summed E-state index contributed by atoms with van der Waals surface area (Å²) < 4.78 is 26.5. The van der Waals surface area contributed by atoms with Crippen molar-refractivity contribution in [1.29, 1.82) is 0 Å². The van der Waals surface area contributed by atoms with Crippen LogP contribution in [-0.4, -0.2) is 49.7 Å². The van der Waals surface area contributed by atoms with Gasteiger partial charge >= 0.3 is 0 Å². The Labute approximate surface area is 142 Å². The van der Waals surface area contributed by atoms with Crippen molar-refractivity contribution >= 4 is 27.5 Å². The van der Waals surface area contributed by atoms with Crippen LogP contribution < -0.4 is 0 Å². The monoisotopic (exact) mass is 356 g/mol. The molecule has 5 nitrogen and oxygen atoms in total. The Bertz CT molecular complexity index is 663. The van der Waals surface area contributed by atoms with E-state index in [9.17, 15) is 13.2 Å². The molecule has 1 aliphatic heterocycles. The highest BCUT2D eigenvalue weighted by Crippen LogP contribution is 2.28. The summed E-state index contributed by atoms with van der Waals surface area (Å²) in [6.07, 6.45) is 3.09. The second-order valence-corrected chi connectivity index (χ2v) is 8.64. The number of nitrogens with zero attached hydrogens (tertiary/aromatic N) is 2. The maximum absolute atomic E-state index is 12.5. The molecule has 7 heteroatoms. The molecule has 1 saturated heterocycles. The van der Waals surface area contributed by atoms with Gasteiger partial charge in [-0.1, -0.05) is 30.2 Å². The Balaban J connectivity index is 1.57. The van der Waals surface area contributed by atoms with Crippen molar-refractivity contribution in [2.75, 3.05) is 26.2 Å². The first-order valence-corrected chi connectivity index (χ1v) is 9.95. The van der Waals surface area contributed by atoms with E-state index in [0.717, 1.165) is 24.8 Å². The van der Waals surface area contributed by atoms with Gasteiger partial charge in [0.2, 0.25) is 15.9 Å². The molecule has 0 unspecified atom stereocenters. The molecule has 0 N–H and O–H groups in total. The van der Waals surface area contributed by atoms with Crippen molar-refractivity contribution in [2.45, 2.75) is 25.0 Å². The topological polar surface area (TPSA) is 57.7 Å². The summed E-state index contributed by atoms with van der Waals surface area (Å²) in [5, 5.41) is 0.592. The van der Waals surface area contributed by atoms with Crippen LogP contribution >= 0.6 is 11.6 Å². The summed E-state index contributed by atoms with van der Waals surface area (Å²) in [4.78, 5) is 14.0. The molecule has 2 aliphatic rings. The van der Waals surface area contributed by atoms with Gasteiger partial charge in [0.15, 0.2) is 0 Å². The summed E-state index contributed by atoms with van der Waals surface area (Å²) in [5.41, 5.74) is 0.724. The van der Waals surface area contributed by atoms with E-state index in [2.05, 4.69) is 0 Å². The van der Waals surface area contributed by atoms with Crippen LogP contribution in [0.1, 0.15) is 24.8 Å². The first-order valence-electron chi connectivity index (χ1n) is 7.97. The highest BCUT2D eigenvalue weighted by Gasteiger charge is 2.33. The molecule has 0 bridgehead atoms. The van der Waals surface area contributed by atoms with Crippen LogP contribution in [0.5, 0.6) is 0 Å². The molecule has 126 valence electrons. The van der Waals surface area contributed by atoms with Gasteiger partial charge in [-0.2, -0.15) is 4.31 Å². The van der Waals surface area contributed by atoms with Gasteiger partial charge in [-0.15, -0.1) is 0 Å². The fourth-order valence-electron chi connectivity index (χ4n) is 2.98. The number of rotatable bonds is 4. The number of carbonyl (C=O) groups excluding carboxylic acids is 1. The van der Waals surface area contributed by atoms with Gasteiger partial charge in [-0.3, -0.25) is 4.79 Å². The van der Waals surface area contributed by atoms with Gasteiger partial charge in [-0.05, 0) is 30.5 Å². The van der Waals surface area contributed by atoms with Crippen molar-refractivity contribution in [3.8, 4) is 0 Å². The summed E-state index contributed by atoms with van der Waals surface area (Å²) in [6.45, 7) is 1.76. The van der Waals surface area contributed by atoms with Crippen molar-refractivity contribution in [3.05, 3.63) is 34.9 Å². The summed E-state index contributed by atoms with van der Waals surface area (Å²) in [6, 6.07) is 6.86. The van der Waals surface area contributed by atoms with E-state index in [1.54, 1.807) is 24.3 Å². The Hall–Kier alpha value is -1.11. The second-order valence-electron chi connectivity index (χ2n) is 6.23. The highest BCUT2D eigenvalue weighted by atomic mass is 35.5. The average Bonchev–Trinajstić information content (AvgIpc) is 2.48. The van der Waals surface area contributed by atoms with E-state index in [1.807, 2.05) is 4.90 Å². The quantitative estimate of drug-likeness (QED) is 0.830. The van der Waals surface area contributed by atoms with Crippen molar-refractivity contribution in [3.63, 3.8) is 0 Å². The lowest BCUT2D eigenvalue weighted by atomic mass is 9.84. The molecule has 1 saturated carbocycles. The lowest BCUT2D eigenvalue weighted by Crippen LogP contribution is -2.52. The molecule has 2 fully saturated rings. The van der Waals surface area contributed by atoms with Crippen LogP contribution in [0, 0.1) is 5.92 Å². The van der Waals surface area contributed by atoms with Crippen molar-refractivity contribution in [1.82, 2.24) is 9.21 Å². The standard InChI is InChI=1S/C16H21ClN2O3S/c17-15-6-4-13(5-7-15)12-23(21,22)19-10-8-18(9-11-19)16(20)14-2-1-3-14/h4-7,14H,1-3,8-12H2. The third-order valence-electron chi connectivity index (χ3n) is 4.66. The minimum atomic E-state index is -3.36. The molecule has 1 aromatic rings. The van der Waals surface area contributed by atoms with E-state index in [4.69, 9.17) is 11.6 Å². The lowest BCUT2D eigenvalue weighted by Gasteiger charge is -2.37. The molecule has 1 aromatic carbocycles. The first kappa shape index (κ1) is 16.7. The minimum absolute atomic E-state index is 0.0270. The van der Waals surface area contributed by atoms with Crippen LogP contribution in [0.3, 0.4) is 0 Å². The second kappa shape index (κ2) is 6.79. The number of piperazine rings is 1.